The smallest absolute Gasteiger partial charge is 0.199 e. The number of nitrogens with zero attached hydrogens (tertiary/aromatic N) is 2. The molecule has 1 N–H and O–H groups in total. The van der Waals surface area contributed by atoms with Gasteiger partial charge in [-0.25, -0.2) is 4.39 Å². The number of hydrogen-bond donors (Lipinski definition) is 1. The minimum atomic E-state index is -0.584. The summed E-state index contributed by atoms with van der Waals surface area (Å²) in [6.07, 6.45) is 1.77. The van der Waals surface area contributed by atoms with Gasteiger partial charge in [-0.2, -0.15) is 0 Å². The van der Waals surface area contributed by atoms with E-state index in [4.69, 9.17) is 11.6 Å². The molecular weight excluding hydrogens is 375 g/mol. The number of carbonyl (C=O) groups excluding carboxylic acids is 1. The Balaban J connectivity index is 2.26. The number of aliphatic hydroxyl groups excluding tert-OH is 1. The molecule has 0 aliphatic rings. The van der Waals surface area contributed by atoms with Gasteiger partial charge >= 0.3 is 0 Å². The molecule has 0 saturated heterocycles. The molecule has 3 rings (SSSR count). The van der Waals surface area contributed by atoms with Gasteiger partial charge in [-0.1, -0.05) is 23.7 Å². The molecule has 27 heavy (non-hydrogen) atoms. The molecule has 3 aromatic rings. The molecule has 0 fully saturated rings. The van der Waals surface area contributed by atoms with Crippen molar-refractivity contribution in [2.75, 3.05) is 6.61 Å². The van der Waals surface area contributed by atoms with Crippen molar-refractivity contribution in [2.24, 2.45) is 5.18 Å². The number of hydrogen-bond acceptors (Lipinski definition) is 5. The van der Waals surface area contributed by atoms with Crippen LogP contribution in [0.15, 0.2) is 46.5 Å². The second kappa shape index (κ2) is 7.77. The van der Waals surface area contributed by atoms with Crippen molar-refractivity contribution < 1.29 is 14.3 Å². The van der Waals surface area contributed by atoms with Gasteiger partial charge in [0.2, 0.25) is 0 Å². The molecule has 0 unspecified atom stereocenters. The lowest BCUT2D eigenvalue weighted by Crippen LogP contribution is -2.16. The normalized spacial score (nSPS) is 10.9. The maximum absolute atomic E-state index is 14.2. The first-order chi connectivity index (χ1) is 13.0. The standard InChI is InChI=1S/C19H14ClFN2O4/c20-15-3-1-2-12(17(15)21)6-11-7-14-18(16(8-11)22-27)23(4-5-24)9-13(10-25)19(14)26/h1-3,7-10,24H,4-6H2. The second-order valence-corrected chi connectivity index (χ2v) is 6.35. The summed E-state index contributed by atoms with van der Waals surface area (Å²) in [7, 11) is 0. The lowest BCUT2D eigenvalue weighted by molar-refractivity contribution is 0.112. The van der Waals surface area contributed by atoms with Crippen LogP contribution < -0.4 is 5.43 Å². The molecule has 138 valence electrons. The molecule has 0 saturated carbocycles. The molecule has 0 atom stereocenters. The first-order valence-electron chi connectivity index (χ1n) is 8.02. The quantitative estimate of drug-likeness (QED) is 0.516. The third-order valence-electron chi connectivity index (χ3n) is 4.23. The Kier molecular flexibility index (Phi) is 5.43. The highest BCUT2D eigenvalue weighted by Crippen LogP contribution is 2.29. The number of nitroso groups, excluding NO2 is 1. The summed E-state index contributed by atoms with van der Waals surface area (Å²) in [5.41, 5.74) is 0.263. The minimum absolute atomic E-state index is 0.0319. The first-order valence-corrected chi connectivity index (χ1v) is 8.40. The van der Waals surface area contributed by atoms with Crippen molar-refractivity contribution in [3.63, 3.8) is 0 Å². The average molecular weight is 389 g/mol. The number of benzene rings is 2. The molecule has 0 aliphatic carbocycles. The molecule has 2 aromatic carbocycles. The maximum atomic E-state index is 14.2. The Morgan fingerprint density at radius 1 is 1.30 bits per heavy atom. The SMILES string of the molecule is O=Cc1cn(CCO)c2c(N=O)cc(Cc3cccc(Cl)c3F)cc2c1=O. The van der Waals surface area contributed by atoms with Crippen LogP contribution in [0.1, 0.15) is 21.5 Å². The molecule has 0 aliphatic heterocycles. The van der Waals surface area contributed by atoms with Crippen molar-refractivity contribution in [1.29, 1.82) is 0 Å². The number of fused-ring (bicyclic) bond motifs is 1. The van der Waals surface area contributed by atoms with Gasteiger partial charge in [-0.15, -0.1) is 4.91 Å². The van der Waals surface area contributed by atoms with E-state index < -0.39 is 11.2 Å². The molecule has 8 heteroatoms. The number of pyridine rings is 1. The summed E-state index contributed by atoms with van der Waals surface area (Å²) in [5, 5.41) is 12.3. The zero-order chi connectivity index (χ0) is 19.6. The number of carbonyl (C=O) groups is 1. The fraction of sp³-hybridized carbons (Fsp3) is 0.158. The van der Waals surface area contributed by atoms with Crippen LogP contribution in [0.4, 0.5) is 10.1 Å². The van der Waals surface area contributed by atoms with Crippen LogP contribution in [0.25, 0.3) is 10.9 Å². The number of aldehydes is 1. The average Bonchev–Trinajstić information content (AvgIpc) is 2.67. The van der Waals surface area contributed by atoms with E-state index in [1.54, 1.807) is 12.1 Å². The van der Waals surface area contributed by atoms with Crippen LogP contribution in [-0.2, 0) is 13.0 Å². The zero-order valence-electron chi connectivity index (χ0n) is 14.0. The number of halogens is 2. The molecular formula is C19H14ClFN2O4. The van der Waals surface area contributed by atoms with E-state index in [2.05, 4.69) is 5.18 Å². The maximum Gasteiger partial charge on any atom is 0.199 e. The predicted octanol–water partition coefficient (Wildman–Crippen LogP) is 3.59. The van der Waals surface area contributed by atoms with Gasteiger partial charge in [0, 0.05) is 24.5 Å². The van der Waals surface area contributed by atoms with Crippen LogP contribution in [0, 0.1) is 10.7 Å². The van der Waals surface area contributed by atoms with Gasteiger partial charge in [0.05, 0.1) is 22.7 Å². The third kappa shape index (κ3) is 3.51. The van der Waals surface area contributed by atoms with Gasteiger partial charge in [0.25, 0.3) is 0 Å². The molecule has 1 aromatic heterocycles. The summed E-state index contributed by atoms with van der Waals surface area (Å²) in [6.45, 7) is -0.188. The van der Waals surface area contributed by atoms with E-state index in [1.807, 2.05) is 0 Å². The lowest BCUT2D eigenvalue weighted by Gasteiger charge is -2.13. The summed E-state index contributed by atoms with van der Waals surface area (Å²) in [6, 6.07) is 7.50. The molecule has 0 radical (unpaired) electrons. The highest BCUT2D eigenvalue weighted by molar-refractivity contribution is 6.30. The minimum Gasteiger partial charge on any atom is -0.395 e. The van der Waals surface area contributed by atoms with Crippen LogP contribution >= 0.6 is 11.6 Å². The van der Waals surface area contributed by atoms with Crippen molar-refractivity contribution in [3.8, 4) is 0 Å². The number of aromatic nitrogens is 1. The van der Waals surface area contributed by atoms with Crippen molar-refractivity contribution in [2.45, 2.75) is 13.0 Å². The molecule has 0 spiro atoms. The largest absolute Gasteiger partial charge is 0.395 e. The van der Waals surface area contributed by atoms with Crippen LogP contribution in [0.2, 0.25) is 5.02 Å². The summed E-state index contributed by atoms with van der Waals surface area (Å²) >= 11 is 5.79. The monoisotopic (exact) mass is 388 g/mol. The number of aliphatic hydroxyl groups is 1. The van der Waals surface area contributed by atoms with Crippen LogP contribution in [0.5, 0.6) is 0 Å². The van der Waals surface area contributed by atoms with Gasteiger partial charge in [-0.3, -0.25) is 9.59 Å². The molecule has 1 heterocycles. The van der Waals surface area contributed by atoms with Gasteiger partial charge < -0.3 is 9.67 Å². The zero-order valence-corrected chi connectivity index (χ0v) is 14.7. The topological polar surface area (TPSA) is 88.7 Å². The third-order valence-corrected chi connectivity index (χ3v) is 4.52. The van der Waals surface area contributed by atoms with E-state index in [9.17, 15) is 24.0 Å². The van der Waals surface area contributed by atoms with Crippen molar-refractivity contribution >= 4 is 34.5 Å². The predicted molar refractivity (Wildman–Crippen MR) is 100 cm³/mol. The Bertz CT molecular complexity index is 1110. The Morgan fingerprint density at radius 2 is 2.07 bits per heavy atom. The highest BCUT2D eigenvalue weighted by atomic mass is 35.5. The van der Waals surface area contributed by atoms with Gasteiger partial charge in [-0.05, 0) is 34.5 Å². The van der Waals surface area contributed by atoms with Gasteiger partial charge in [0.1, 0.15) is 11.5 Å². The van der Waals surface area contributed by atoms with E-state index in [0.717, 1.165) is 0 Å². The van der Waals surface area contributed by atoms with E-state index >= 15 is 0 Å². The van der Waals surface area contributed by atoms with E-state index in [0.29, 0.717) is 17.4 Å². The fourth-order valence-corrected chi connectivity index (χ4v) is 3.24. The Morgan fingerprint density at radius 3 is 2.74 bits per heavy atom. The molecule has 0 bridgehead atoms. The molecule has 6 nitrogen and oxygen atoms in total. The fourth-order valence-electron chi connectivity index (χ4n) is 3.04. The Labute approximate surface area is 157 Å². The van der Waals surface area contributed by atoms with Gasteiger partial charge in [0.15, 0.2) is 11.7 Å². The summed E-state index contributed by atoms with van der Waals surface area (Å²) in [4.78, 5) is 35.2. The van der Waals surface area contributed by atoms with Crippen molar-refractivity contribution in [1.82, 2.24) is 4.57 Å². The Hall–Kier alpha value is -2.90. The lowest BCUT2D eigenvalue weighted by atomic mass is 10.0. The second-order valence-electron chi connectivity index (χ2n) is 5.94. The highest BCUT2D eigenvalue weighted by Gasteiger charge is 2.16. The van der Waals surface area contributed by atoms with E-state index in [1.165, 1.54) is 29.0 Å². The van der Waals surface area contributed by atoms with Crippen molar-refractivity contribution in [3.05, 3.63) is 79.2 Å². The summed E-state index contributed by atoms with van der Waals surface area (Å²) < 4.78 is 15.6. The first kappa shape index (κ1) is 18.9. The van der Waals surface area contributed by atoms with Crippen LogP contribution in [-0.4, -0.2) is 22.6 Å². The molecule has 0 amide bonds. The number of rotatable bonds is 6. The summed E-state index contributed by atoms with van der Waals surface area (Å²) in [5.74, 6) is -0.584. The van der Waals surface area contributed by atoms with Crippen LogP contribution in [0.3, 0.4) is 0 Å². The van der Waals surface area contributed by atoms with E-state index in [-0.39, 0.29) is 46.7 Å².